The lowest BCUT2D eigenvalue weighted by atomic mass is 10.3. The minimum atomic E-state index is -0.0381. The van der Waals surface area contributed by atoms with E-state index in [9.17, 15) is 4.79 Å². The summed E-state index contributed by atoms with van der Waals surface area (Å²) in [4.78, 5) is 29.9. The Morgan fingerprint density at radius 1 is 1.00 bits per heavy atom. The molecular formula is C23H26N6O3. The molecule has 1 aromatic carbocycles. The van der Waals surface area contributed by atoms with Crippen LogP contribution in [-0.2, 0) is 4.79 Å². The molecule has 1 amide bonds. The third kappa shape index (κ3) is 5.42. The molecule has 0 bridgehead atoms. The first-order valence-electron chi connectivity index (χ1n) is 10.4. The first-order chi connectivity index (χ1) is 15.6. The van der Waals surface area contributed by atoms with Crippen molar-refractivity contribution >= 4 is 23.4 Å². The number of pyridine rings is 1. The maximum absolute atomic E-state index is 12.6. The average molecular weight is 435 g/mol. The lowest BCUT2D eigenvalue weighted by Crippen LogP contribution is -2.50. The minimum Gasteiger partial charge on any atom is -0.497 e. The van der Waals surface area contributed by atoms with Crippen molar-refractivity contribution in [3.05, 3.63) is 60.6 Å². The van der Waals surface area contributed by atoms with Gasteiger partial charge in [0, 0.05) is 44.5 Å². The smallest absolute Gasteiger partial charge is 0.260 e. The largest absolute Gasteiger partial charge is 0.497 e. The van der Waals surface area contributed by atoms with Gasteiger partial charge >= 0.3 is 0 Å². The molecule has 1 aliphatic rings. The van der Waals surface area contributed by atoms with Crippen molar-refractivity contribution in [1.82, 2.24) is 19.9 Å². The Balaban J connectivity index is 1.32. The molecule has 3 heterocycles. The van der Waals surface area contributed by atoms with Crippen molar-refractivity contribution in [2.75, 3.05) is 50.1 Å². The van der Waals surface area contributed by atoms with Crippen LogP contribution in [0.5, 0.6) is 11.5 Å². The Bertz CT molecular complexity index is 1050. The summed E-state index contributed by atoms with van der Waals surface area (Å²) in [7, 11) is 1.60. The monoisotopic (exact) mass is 434 g/mol. The molecule has 9 heteroatoms. The third-order valence-electron chi connectivity index (χ3n) is 5.11. The van der Waals surface area contributed by atoms with Gasteiger partial charge in [-0.3, -0.25) is 4.79 Å². The Morgan fingerprint density at radius 2 is 1.81 bits per heavy atom. The van der Waals surface area contributed by atoms with Crippen LogP contribution in [-0.4, -0.2) is 65.7 Å². The number of aromatic nitrogens is 3. The Hall–Kier alpha value is -3.88. The number of carbonyl (C=O) groups is 1. The maximum atomic E-state index is 12.6. The SMILES string of the molecule is COc1cccc(OCC(=O)N2CCN(c3cc(Nc4ccccn4)nc(C)n3)CC2)c1. The van der Waals surface area contributed by atoms with Crippen molar-refractivity contribution in [3.63, 3.8) is 0 Å². The van der Waals surface area contributed by atoms with Gasteiger partial charge in [-0.1, -0.05) is 12.1 Å². The van der Waals surface area contributed by atoms with Crippen molar-refractivity contribution in [1.29, 1.82) is 0 Å². The second-order valence-electron chi connectivity index (χ2n) is 7.33. The van der Waals surface area contributed by atoms with Crippen LogP contribution < -0.4 is 19.7 Å². The molecule has 1 fully saturated rings. The summed E-state index contributed by atoms with van der Waals surface area (Å²) in [6.45, 7) is 4.44. The number of anilines is 3. The van der Waals surface area contributed by atoms with E-state index in [1.54, 1.807) is 19.4 Å². The number of hydrogen-bond donors (Lipinski definition) is 1. The van der Waals surface area contributed by atoms with Gasteiger partial charge in [0.25, 0.3) is 5.91 Å². The molecule has 0 radical (unpaired) electrons. The second-order valence-corrected chi connectivity index (χ2v) is 7.33. The molecule has 0 spiro atoms. The highest BCUT2D eigenvalue weighted by molar-refractivity contribution is 5.78. The normalized spacial score (nSPS) is 13.6. The zero-order valence-corrected chi connectivity index (χ0v) is 18.2. The van der Waals surface area contributed by atoms with Crippen LogP contribution in [0.3, 0.4) is 0 Å². The number of aryl methyl sites for hydroxylation is 1. The fourth-order valence-electron chi connectivity index (χ4n) is 3.46. The van der Waals surface area contributed by atoms with Crippen LogP contribution in [0.25, 0.3) is 0 Å². The molecule has 1 aliphatic heterocycles. The predicted molar refractivity (Wildman–Crippen MR) is 122 cm³/mol. The summed E-state index contributed by atoms with van der Waals surface area (Å²) >= 11 is 0. The maximum Gasteiger partial charge on any atom is 0.260 e. The molecular weight excluding hydrogens is 408 g/mol. The van der Waals surface area contributed by atoms with Crippen molar-refractivity contribution in [3.8, 4) is 11.5 Å². The topological polar surface area (TPSA) is 92.7 Å². The minimum absolute atomic E-state index is 0.00206. The number of carbonyl (C=O) groups excluding carboxylic acids is 1. The Morgan fingerprint density at radius 3 is 2.56 bits per heavy atom. The highest BCUT2D eigenvalue weighted by Gasteiger charge is 2.23. The van der Waals surface area contributed by atoms with E-state index in [0.29, 0.717) is 49.3 Å². The Labute approximate surface area is 187 Å². The van der Waals surface area contributed by atoms with E-state index < -0.39 is 0 Å². The van der Waals surface area contributed by atoms with E-state index in [4.69, 9.17) is 9.47 Å². The van der Waals surface area contributed by atoms with Crippen LogP contribution >= 0.6 is 0 Å². The molecule has 0 atom stereocenters. The standard InChI is InChI=1S/C23H26N6O3/c1-17-25-21(27-20-8-3-4-9-24-20)15-22(26-17)28-10-12-29(13-11-28)23(30)16-32-19-7-5-6-18(14-19)31-2/h3-9,14-15H,10-13,16H2,1-2H3,(H,24,25,26,27). The van der Waals surface area contributed by atoms with Crippen LogP contribution in [0.15, 0.2) is 54.7 Å². The van der Waals surface area contributed by atoms with E-state index in [2.05, 4.69) is 25.2 Å². The molecule has 1 N–H and O–H groups in total. The molecule has 0 saturated carbocycles. The molecule has 32 heavy (non-hydrogen) atoms. The van der Waals surface area contributed by atoms with Crippen LogP contribution in [0.4, 0.5) is 17.5 Å². The van der Waals surface area contributed by atoms with Crippen LogP contribution in [0.2, 0.25) is 0 Å². The fourth-order valence-corrected chi connectivity index (χ4v) is 3.46. The quantitative estimate of drug-likeness (QED) is 0.607. The molecule has 2 aromatic heterocycles. The number of nitrogens with one attached hydrogen (secondary N) is 1. The highest BCUT2D eigenvalue weighted by atomic mass is 16.5. The van der Waals surface area contributed by atoms with Crippen molar-refractivity contribution < 1.29 is 14.3 Å². The summed E-state index contributed by atoms with van der Waals surface area (Å²) < 4.78 is 10.8. The van der Waals surface area contributed by atoms with Gasteiger partial charge in [-0.2, -0.15) is 0 Å². The molecule has 3 aromatic rings. The van der Waals surface area contributed by atoms with E-state index in [1.807, 2.05) is 54.3 Å². The molecule has 0 unspecified atom stereocenters. The van der Waals surface area contributed by atoms with Gasteiger partial charge in [0.1, 0.15) is 34.8 Å². The number of rotatable bonds is 7. The lowest BCUT2D eigenvalue weighted by Gasteiger charge is -2.35. The number of methoxy groups -OCH3 is 1. The van der Waals surface area contributed by atoms with Crippen molar-refractivity contribution in [2.45, 2.75) is 6.92 Å². The highest BCUT2D eigenvalue weighted by Crippen LogP contribution is 2.21. The van der Waals surface area contributed by atoms with Gasteiger partial charge in [0.05, 0.1) is 7.11 Å². The number of piperazine rings is 1. The molecule has 1 saturated heterocycles. The molecule has 9 nitrogen and oxygen atoms in total. The first kappa shape index (κ1) is 21.4. The number of benzene rings is 1. The van der Waals surface area contributed by atoms with Crippen molar-refractivity contribution in [2.24, 2.45) is 0 Å². The van der Waals surface area contributed by atoms with E-state index in [1.165, 1.54) is 0 Å². The zero-order valence-electron chi connectivity index (χ0n) is 18.2. The number of nitrogens with zero attached hydrogens (tertiary/aromatic N) is 5. The van der Waals surface area contributed by atoms with Gasteiger partial charge in [-0.05, 0) is 31.2 Å². The molecule has 4 rings (SSSR count). The average Bonchev–Trinajstić information content (AvgIpc) is 2.83. The van der Waals surface area contributed by atoms with Gasteiger partial charge in [0.2, 0.25) is 0 Å². The molecule has 0 aliphatic carbocycles. The van der Waals surface area contributed by atoms with Gasteiger partial charge in [0.15, 0.2) is 6.61 Å². The third-order valence-corrected chi connectivity index (χ3v) is 5.11. The number of hydrogen-bond acceptors (Lipinski definition) is 8. The van der Waals surface area contributed by atoms with E-state index in [-0.39, 0.29) is 12.5 Å². The first-order valence-corrected chi connectivity index (χ1v) is 10.4. The van der Waals surface area contributed by atoms with E-state index in [0.717, 1.165) is 11.6 Å². The molecule has 166 valence electrons. The Kier molecular flexibility index (Phi) is 6.64. The zero-order chi connectivity index (χ0) is 22.3. The predicted octanol–water partition coefficient (Wildman–Crippen LogP) is 2.66. The number of ether oxygens (including phenoxy) is 2. The van der Waals surface area contributed by atoms with E-state index >= 15 is 0 Å². The van der Waals surface area contributed by atoms with Gasteiger partial charge in [-0.25, -0.2) is 15.0 Å². The fraction of sp³-hybridized carbons (Fsp3) is 0.304. The summed E-state index contributed by atoms with van der Waals surface area (Å²) in [6, 6.07) is 14.8. The summed E-state index contributed by atoms with van der Waals surface area (Å²) in [5, 5.41) is 3.21. The second kappa shape index (κ2) is 9.95. The number of amides is 1. The van der Waals surface area contributed by atoms with Gasteiger partial charge in [-0.15, -0.1) is 0 Å². The summed E-state index contributed by atoms with van der Waals surface area (Å²) in [6.07, 6.45) is 1.73. The summed E-state index contributed by atoms with van der Waals surface area (Å²) in [5.74, 6) is 4.19. The summed E-state index contributed by atoms with van der Waals surface area (Å²) in [5.41, 5.74) is 0. The lowest BCUT2D eigenvalue weighted by molar-refractivity contribution is -0.133. The van der Waals surface area contributed by atoms with Crippen LogP contribution in [0, 0.1) is 6.92 Å². The van der Waals surface area contributed by atoms with Crippen LogP contribution in [0.1, 0.15) is 5.82 Å². The van der Waals surface area contributed by atoms with Gasteiger partial charge < -0.3 is 24.6 Å².